The third-order valence-corrected chi connectivity index (χ3v) is 5.84. The molecule has 0 aliphatic rings. The van der Waals surface area contributed by atoms with Crippen LogP contribution in [0.1, 0.15) is 24.0 Å². The summed E-state index contributed by atoms with van der Waals surface area (Å²) in [5.41, 5.74) is -4.52. The van der Waals surface area contributed by atoms with E-state index in [2.05, 4.69) is 0 Å². The summed E-state index contributed by atoms with van der Waals surface area (Å²) in [6.45, 7) is 0.364. The number of halogens is 5. The van der Waals surface area contributed by atoms with Crippen molar-refractivity contribution >= 4 is 17.6 Å². The van der Waals surface area contributed by atoms with Crippen molar-refractivity contribution in [2.75, 3.05) is 6.61 Å². The summed E-state index contributed by atoms with van der Waals surface area (Å²) in [6.07, 6.45) is -4.21. The first-order valence-electron chi connectivity index (χ1n) is 10.3. The number of benzene rings is 2. The summed E-state index contributed by atoms with van der Waals surface area (Å²) < 4.78 is 67.6. The van der Waals surface area contributed by atoms with Gasteiger partial charge in [0.1, 0.15) is 11.5 Å². The minimum absolute atomic E-state index is 0.0469. The Morgan fingerprint density at radius 1 is 1.11 bits per heavy atom. The number of alkyl halides is 3. The SMILES string of the molecule is CC(c1ccc(Oc2ccc(F)c(OCC(=O)O)c2)cc1Cl)C(O)(c1ccc(=O)n(C)c1)C(F)(F)F. The Kier molecular flexibility index (Phi) is 7.65. The quantitative estimate of drug-likeness (QED) is 0.399. The van der Waals surface area contributed by atoms with Gasteiger partial charge in [-0.1, -0.05) is 24.6 Å². The molecular formula is C24H20ClF4NO6. The molecule has 0 saturated carbocycles. The Bertz CT molecular complexity index is 1340. The minimum Gasteiger partial charge on any atom is -0.479 e. The van der Waals surface area contributed by atoms with Crippen LogP contribution in [0.15, 0.2) is 59.5 Å². The lowest BCUT2D eigenvalue weighted by Crippen LogP contribution is -2.47. The number of aryl methyl sites for hydroxylation is 1. The lowest BCUT2D eigenvalue weighted by atomic mass is 9.78. The van der Waals surface area contributed by atoms with Gasteiger partial charge < -0.3 is 24.3 Å². The molecule has 3 rings (SSSR count). The van der Waals surface area contributed by atoms with Crippen molar-refractivity contribution in [1.82, 2.24) is 4.57 Å². The second kappa shape index (κ2) is 10.2. The molecule has 1 aromatic heterocycles. The van der Waals surface area contributed by atoms with E-state index in [9.17, 15) is 32.3 Å². The second-order valence-electron chi connectivity index (χ2n) is 7.91. The summed E-state index contributed by atoms with van der Waals surface area (Å²) in [4.78, 5) is 22.3. The highest BCUT2D eigenvalue weighted by atomic mass is 35.5. The van der Waals surface area contributed by atoms with Gasteiger partial charge in [-0.25, -0.2) is 9.18 Å². The van der Waals surface area contributed by atoms with Crippen molar-refractivity contribution < 1.29 is 42.0 Å². The molecule has 0 aliphatic heterocycles. The van der Waals surface area contributed by atoms with E-state index in [0.29, 0.717) is 0 Å². The van der Waals surface area contributed by atoms with E-state index in [1.165, 1.54) is 31.3 Å². The fraction of sp³-hybridized carbons (Fsp3) is 0.250. The van der Waals surface area contributed by atoms with Crippen molar-refractivity contribution in [1.29, 1.82) is 0 Å². The van der Waals surface area contributed by atoms with Crippen LogP contribution in [-0.4, -0.2) is 33.5 Å². The van der Waals surface area contributed by atoms with Gasteiger partial charge in [0.15, 0.2) is 23.8 Å². The van der Waals surface area contributed by atoms with E-state index >= 15 is 0 Å². The maximum atomic E-state index is 14.2. The van der Waals surface area contributed by atoms with E-state index in [1.54, 1.807) is 0 Å². The van der Waals surface area contributed by atoms with Gasteiger partial charge >= 0.3 is 12.1 Å². The summed E-state index contributed by atoms with van der Waals surface area (Å²) in [5.74, 6) is -3.99. The number of carboxylic acids is 1. The Morgan fingerprint density at radius 2 is 1.75 bits per heavy atom. The molecule has 12 heteroatoms. The van der Waals surface area contributed by atoms with Crippen molar-refractivity contribution in [3.63, 3.8) is 0 Å². The van der Waals surface area contributed by atoms with Crippen LogP contribution in [0.25, 0.3) is 0 Å². The third-order valence-electron chi connectivity index (χ3n) is 5.51. The number of rotatable bonds is 8. The van der Waals surface area contributed by atoms with Gasteiger partial charge in [0.2, 0.25) is 5.56 Å². The smallest absolute Gasteiger partial charge is 0.422 e. The highest BCUT2D eigenvalue weighted by Gasteiger charge is 2.59. The molecule has 0 spiro atoms. The molecule has 2 atom stereocenters. The number of aliphatic carboxylic acids is 1. The summed E-state index contributed by atoms with van der Waals surface area (Å²) in [6, 6.07) is 8.92. The molecule has 192 valence electrons. The van der Waals surface area contributed by atoms with Gasteiger partial charge in [-0.2, -0.15) is 13.2 Å². The van der Waals surface area contributed by atoms with E-state index in [1.807, 2.05) is 0 Å². The van der Waals surface area contributed by atoms with Crippen LogP contribution in [0.3, 0.4) is 0 Å². The van der Waals surface area contributed by atoms with E-state index in [4.69, 9.17) is 26.2 Å². The van der Waals surface area contributed by atoms with Crippen LogP contribution >= 0.6 is 11.6 Å². The molecule has 36 heavy (non-hydrogen) atoms. The molecule has 2 unspecified atom stereocenters. The zero-order valence-corrected chi connectivity index (χ0v) is 19.6. The predicted molar refractivity (Wildman–Crippen MR) is 121 cm³/mol. The molecular weight excluding hydrogens is 510 g/mol. The topological polar surface area (TPSA) is 98.0 Å². The standard InChI is InChI=1S/C24H20ClF4NO6/c1-13(23(34,24(27,28)29)14-3-8-21(31)30(2)11-14)17-6-4-15(9-18(17)25)36-16-5-7-19(26)20(10-16)35-12-22(32)33/h3-11,13,34H,12H2,1-2H3,(H,32,33). The average molecular weight is 530 g/mol. The Labute approximate surface area is 207 Å². The first-order chi connectivity index (χ1) is 16.7. The fourth-order valence-corrected chi connectivity index (χ4v) is 3.89. The van der Waals surface area contributed by atoms with Crippen LogP contribution in [0.2, 0.25) is 5.02 Å². The van der Waals surface area contributed by atoms with Crippen molar-refractivity contribution in [3.05, 3.63) is 87.0 Å². The number of carboxylic acid groups (broad SMARTS) is 1. The monoisotopic (exact) mass is 529 g/mol. The maximum absolute atomic E-state index is 14.2. The van der Waals surface area contributed by atoms with Crippen LogP contribution < -0.4 is 15.0 Å². The maximum Gasteiger partial charge on any atom is 0.422 e. The van der Waals surface area contributed by atoms with Crippen molar-refractivity contribution in [2.24, 2.45) is 7.05 Å². The molecule has 2 N–H and O–H groups in total. The van der Waals surface area contributed by atoms with E-state index < -0.39 is 47.2 Å². The van der Waals surface area contributed by atoms with Crippen molar-refractivity contribution in [2.45, 2.75) is 24.6 Å². The highest BCUT2D eigenvalue weighted by molar-refractivity contribution is 6.31. The summed E-state index contributed by atoms with van der Waals surface area (Å²) in [5, 5.41) is 19.4. The van der Waals surface area contributed by atoms with Gasteiger partial charge in [-0.05, 0) is 35.9 Å². The normalized spacial score (nSPS) is 14.1. The lowest BCUT2D eigenvalue weighted by Gasteiger charge is -2.37. The molecule has 7 nitrogen and oxygen atoms in total. The van der Waals surface area contributed by atoms with E-state index in [0.717, 1.165) is 42.0 Å². The van der Waals surface area contributed by atoms with Crippen LogP contribution in [-0.2, 0) is 17.4 Å². The molecule has 2 aromatic carbocycles. The minimum atomic E-state index is -5.12. The van der Waals surface area contributed by atoms with Crippen molar-refractivity contribution in [3.8, 4) is 17.2 Å². The van der Waals surface area contributed by atoms with Gasteiger partial charge in [-0.3, -0.25) is 4.79 Å². The molecule has 1 heterocycles. The zero-order chi connectivity index (χ0) is 26.8. The van der Waals surface area contributed by atoms with Gasteiger partial charge in [0.25, 0.3) is 0 Å². The number of aromatic nitrogens is 1. The largest absolute Gasteiger partial charge is 0.479 e. The number of hydrogen-bond donors (Lipinski definition) is 2. The number of nitrogens with zero attached hydrogens (tertiary/aromatic N) is 1. The first kappa shape index (κ1) is 27.0. The number of carbonyl (C=O) groups is 1. The molecule has 0 amide bonds. The van der Waals surface area contributed by atoms with Crippen LogP contribution in [0.4, 0.5) is 17.6 Å². The summed E-state index contributed by atoms with van der Waals surface area (Å²) in [7, 11) is 1.26. The van der Waals surface area contributed by atoms with Gasteiger partial charge in [0.05, 0.1) is 0 Å². The number of pyridine rings is 1. The molecule has 3 aromatic rings. The number of hydrogen-bond acceptors (Lipinski definition) is 5. The van der Waals surface area contributed by atoms with Crippen LogP contribution in [0.5, 0.6) is 17.2 Å². The average Bonchev–Trinajstić information content (AvgIpc) is 2.79. The molecule has 0 radical (unpaired) electrons. The summed E-state index contributed by atoms with van der Waals surface area (Å²) >= 11 is 6.27. The zero-order valence-electron chi connectivity index (χ0n) is 18.8. The molecule has 0 saturated heterocycles. The highest BCUT2D eigenvalue weighted by Crippen LogP contribution is 2.50. The van der Waals surface area contributed by atoms with Gasteiger partial charge in [0, 0.05) is 41.9 Å². The van der Waals surface area contributed by atoms with Crippen LogP contribution in [0, 0.1) is 5.82 Å². The van der Waals surface area contributed by atoms with E-state index in [-0.39, 0.29) is 27.8 Å². The third kappa shape index (κ3) is 5.47. The molecule has 0 bridgehead atoms. The Hall–Kier alpha value is -3.57. The lowest BCUT2D eigenvalue weighted by molar-refractivity contribution is -0.274. The molecule has 0 aliphatic carbocycles. The fourth-order valence-electron chi connectivity index (χ4n) is 3.56. The first-order valence-corrected chi connectivity index (χ1v) is 10.7. The van der Waals surface area contributed by atoms with Gasteiger partial charge in [-0.15, -0.1) is 0 Å². The Morgan fingerprint density at radius 3 is 2.33 bits per heavy atom. The number of aliphatic hydroxyl groups is 1. The Balaban J connectivity index is 1.93. The predicted octanol–water partition coefficient (Wildman–Crippen LogP) is 4.99. The second-order valence-corrected chi connectivity index (χ2v) is 8.32. The molecule has 0 fully saturated rings. The number of ether oxygens (including phenoxy) is 2.